The maximum absolute atomic E-state index is 11.6. The molecule has 7 heteroatoms. The minimum atomic E-state index is -1.14. The average Bonchev–Trinajstić information content (AvgIpc) is 2.75. The SMILES string of the molecule is CCOC(C)CNC(=O)c1nc(C(=O)O)cs1. The Bertz CT molecular complexity index is 405. The molecule has 2 N–H and O–H groups in total. The monoisotopic (exact) mass is 258 g/mol. The van der Waals surface area contributed by atoms with Crippen LogP contribution in [-0.2, 0) is 4.74 Å². The molecular weight excluding hydrogens is 244 g/mol. The number of thiazole rings is 1. The first-order chi connectivity index (χ1) is 8.04. The van der Waals surface area contributed by atoms with E-state index in [0.717, 1.165) is 11.3 Å². The van der Waals surface area contributed by atoms with E-state index in [0.29, 0.717) is 13.2 Å². The van der Waals surface area contributed by atoms with Gasteiger partial charge in [-0.2, -0.15) is 0 Å². The number of carboxylic acids is 1. The zero-order chi connectivity index (χ0) is 12.8. The molecular formula is C10H14N2O4S. The zero-order valence-electron chi connectivity index (χ0n) is 9.60. The highest BCUT2D eigenvalue weighted by molar-refractivity contribution is 7.11. The largest absolute Gasteiger partial charge is 0.476 e. The molecule has 0 aliphatic carbocycles. The Labute approximate surface area is 103 Å². The van der Waals surface area contributed by atoms with Crippen LogP contribution in [0.15, 0.2) is 5.38 Å². The topological polar surface area (TPSA) is 88.5 Å². The van der Waals surface area contributed by atoms with Crippen molar-refractivity contribution in [2.45, 2.75) is 20.0 Å². The van der Waals surface area contributed by atoms with Crippen molar-refractivity contribution in [1.82, 2.24) is 10.3 Å². The number of carbonyl (C=O) groups excluding carboxylic acids is 1. The van der Waals surface area contributed by atoms with Gasteiger partial charge in [0.15, 0.2) is 10.7 Å². The van der Waals surface area contributed by atoms with E-state index < -0.39 is 5.97 Å². The second kappa shape index (κ2) is 6.31. The Morgan fingerprint density at radius 2 is 2.35 bits per heavy atom. The van der Waals surface area contributed by atoms with Crippen molar-refractivity contribution < 1.29 is 19.4 Å². The lowest BCUT2D eigenvalue weighted by molar-refractivity contribution is 0.0687. The summed E-state index contributed by atoms with van der Waals surface area (Å²) >= 11 is 1.01. The van der Waals surface area contributed by atoms with E-state index in [9.17, 15) is 9.59 Å². The van der Waals surface area contributed by atoms with E-state index in [1.54, 1.807) is 0 Å². The Hall–Kier alpha value is -1.47. The third-order valence-corrected chi connectivity index (χ3v) is 2.76. The van der Waals surface area contributed by atoms with Gasteiger partial charge in [0, 0.05) is 18.5 Å². The van der Waals surface area contributed by atoms with Crippen LogP contribution in [-0.4, -0.2) is 41.2 Å². The summed E-state index contributed by atoms with van der Waals surface area (Å²) < 4.78 is 5.25. The molecule has 0 aliphatic heterocycles. The van der Waals surface area contributed by atoms with Gasteiger partial charge in [-0.05, 0) is 13.8 Å². The van der Waals surface area contributed by atoms with Gasteiger partial charge in [-0.15, -0.1) is 11.3 Å². The number of carbonyl (C=O) groups is 2. The van der Waals surface area contributed by atoms with Crippen LogP contribution < -0.4 is 5.32 Å². The highest BCUT2D eigenvalue weighted by atomic mass is 32.1. The Balaban J connectivity index is 2.49. The summed E-state index contributed by atoms with van der Waals surface area (Å²) in [5.74, 6) is -1.52. The molecule has 1 amide bonds. The number of rotatable bonds is 6. The van der Waals surface area contributed by atoms with Gasteiger partial charge in [0.2, 0.25) is 0 Å². The molecule has 1 atom stereocenters. The van der Waals surface area contributed by atoms with E-state index >= 15 is 0 Å². The summed E-state index contributed by atoms with van der Waals surface area (Å²) in [4.78, 5) is 25.9. The van der Waals surface area contributed by atoms with Gasteiger partial charge < -0.3 is 15.2 Å². The van der Waals surface area contributed by atoms with E-state index in [1.165, 1.54) is 5.38 Å². The van der Waals surface area contributed by atoms with Crippen LogP contribution in [0, 0.1) is 0 Å². The van der Waals surface area contributed by atoms with Crippen LogP contribution in [0.4, 0.5) is 0 Å². The molecule has 0 saturated heterocycles. The average molecular weight is 258 g/mol. The zero-order valence-corrected chi connectivity index (χ0v) is 10.4. The number of hydrogen-bond donors (Lipinski definition) is 2. The van der Waals surface area contributed by atoms with Crippen LogP contribution in [0.25, 0.3) is 0 Å². The molecule has 6 nitrogen and oxygen atoms in total. The lowest BCUT2D eigenvalue weighted by Crippen LogP contribution is -2.32. The molecule has 0 fully saturated rings. The maximum Gasteiger partial charge on any atom is 0.355 e. The number of aromatic carboxylic acids is 1. The first kappa shape index (κ1) is 13.6. The molecule has 1 rings (SSSR count). The first-order valence-corrected chi connectivity index (χ1v) is 6.01. The van der Waals surface area contributed by atoms with Crippen molar-refractivity contribution in [3.05, 3.63) is 16.1 Å². The summed E-state index contributed by atoms with van der Waals surface area (Å²) in [7, 11) is 0. The van der Waals surface area contributed by atoms with Crippen LogP contribution >= 0.6 is 11.3 Å². The predicted molar refractivity (Wildman–Crippen MR) is 62.5 cm³/mol. The highest BCUT2D eigenvalue weighted by Gasteiger charge is 2.15. The number of hydrogen-bond acceptors (Lipinski definition) is 5. The van der Waals surface area contributed by atoms with E-state index in [-0.39, 0.29) is 22.7 Å². The molecule has 0 bridgehead atoms. The number of nitrogens with zero attached hydrogens (tertiary/aromatic N) is 1. The Morgan fingerprint density at radius 3 is 2.88 bits per heavy atom. The molecule has 1 aromatic rings. The lowest BCUT2D eigenvalue weighted by Gasteiger charge is -2.11. The van der Waals surface area contributed by atoms with E-state index in [2.05, 4.69) is 10.3 Å². The van der Waals surface area contributed by atoms with E-state index in [1.807, 2.05) is 13.8 Å². The summed E-state index contributed by atoms with van der Waals surface area (Å²) in [6.07, 6.45) is -0.0807. The molecule has 0 radical (unpaired) electrons. The molecule has 1 heterocycles. The number of aromatic nitrogens is 1. The molecule has 1 aromatic heterocycles. The summed E-state index contributed by atoms with van der Waals surface area (Å²) in [5.41, 5.74) is -0.113. The van der Waals surface area contributed by atoms with Crippen molar-refractivity contribution in [2.24, 2.45) is 0 Å². The van der Waals surface area contributed by atoms with Gasteiger partial charge in [-0.25, -0.2) is 9.78 Å². The Morgan fingerprint density at radius 1 is 1.65 bits per heavy atom. The van der Waals surface area contributed by atoms with Crippen molar-refractivity contribution >= 4 is 23.2 Å². The standard InChI is InChI=1S/C10H14N2O4S/c1-3-16-6(2)4-11-8(13)9-12-7(5-17-9)10(14)15/h5-6H,3-4H2,1-2H3,(H,11,13)(H,14,15). The molecule has 17 heavy (non-hydrogen) atoms. The van der Waals surface area contributed by atoms with Gasteiger partial charge in [0.1, 0.15) is 0 Å². The smallest absolute Gasteiger partial charge is 0.355 e. The van der Waals surface area contributed by atoms with Crippen LogP contribution in [0.2, 0.25) is 0 Å². The van der Waals surface area contributed by atoms with Gasteiger partial charge in [0.25, 0.3) is 5.91 Å². The van der Waals surface area contributed by atoms with Crippen molar-refractivity contribution in [1.29, 1.82) is 0 Å². The predicted octanol–water partition coefficient (Wildman–Crippen LogP) is 0.996. The number of ether oxygens (including phenoxy) is 1. The first-order valence-electron chi connectivity index (χ1n) is 5.13. The number of amides is 1. The fourth-order valence-electron chi connectivity index (χ4n) is 1.13. The van der Waals surface area contributed by atoms with Crippen LogP contribution in [0.3, 0.4) is 0 Å². The maximum atomic E-state index is 11.6. The normalized spacial score (nSPS) is 12.1. The second-order valence-corrected chi connectivity index (χ2v) is 4.18. The van der Waals surface area contributed by atoms with Crippen molar-refractivity contribution in [2.75, 3.05) is 13.2 Å². The van der Waals surface area contributed by atoms with E-state index in [4.69, 9.17) is 9.84 Å². The fraction of sp³-hybridized carbons (Fsp3) is 0.500. The van der Waals surface area contributed by atoms with Crippen LogP contribution in [0.1, 0.15) is 34.1 Å². The summed E-state index contributed by atoms with van der Waals surface area (Å²) in [6.45, 7) is 4.67. The minimum absolute atomic E-state index is 0.0807. The lowest BCUT2D eigenvalue weighted by atomic mass is 10.4. The summed E-state index contributed by atoms with van der Waals surface area (Å²) in [5, 5.41) is 12.8. The van der Waals surface area contributed by atoms with Crippen molar-refractivity contribution in [3.8, 4) is 0 Å². The van der Waals surface area contributed by atoms with Gasteiger partial charge in [-0.1, -0.05) is 0 Å². The molecule has 0 aromatic carbocycles. The minimum Gasteiger partial charge on any atom is -0.476 e. The number of carboxylic acid groups (broad SMARTS) is 1. The molecule has 0 aliphatic rings. The van der Waals surface area contributed by atoms with Gasteiger partial charge in [-0.3, -0.25) is 4.79 Å². The quantitative estimate of drug-likeness (QED) is 0.794. The van der Waals surface area contributed by atoms with Gasteiger partial charge in [0.05, 0.1) is 6.10 Å². The fourth-order valence-corrected chi connectivity index (χ4v) is 1.84. The van der Waals surface area contributed by atoms with Gasteiger partial charge >= 0.3 is 5.97 Å². The third kappa shape index (κ3) is 4.12. The number of nitrogens with one attached hydrogen (secondary N) is 1. The molecule has 1 unspecified atom stereocenters. The molecule has 94 valence electrons. The third-order valence-electron chi connectivity index (χ3n) is 1.92. The second-order valence-electron chi connectivity index (χ2n) is 3.32. The summed E-state index contributed by atoms with van der Waals surface area (Å²) in [6, 6.07) is 0. The molecule has 0 saturated carbocycles. The molecule has 0 spiro atoms. The Kier molecular flexibility index (Phi) is 5.05. The highest BCUT2D eigenvalue weighted by Crippen LogP contribution is 2.09. The van der Waals surface area contributed by atoms with Crippen molar-refractivity contribution in [3.63, 3.8) is 0 Å². The van der Waals surface area contributed by atoms with Crippen LogP contribution in [0.5, 0.6) is 0 Å².